The number of ether oxygens (including phenoxy) is 1. The fourth-order valence-electron chi connectivity index (χ4n) is 2.79. The molecule has 9 nitrogen and oxygen atoms in total. The van der Waals surface area contributed by atoms with E-state index in [1.54, 1.807) is 0 Å². The van der Waals surface area contributed by atoms with Crippen LogP contribution in [0.5, 0.6) is 0 Å². The van der Waals surface area contributed by atoms with Gasteiger partial charge in [-0.15, -0.1) is 0 Å². The van der Waals surface area contributed by atoms with Crippen LogP contribution in [-0.2, 0) is 16.0 Å². The smallest absolute Gasteiger partial charge is 0.330 e. The predicted octanol–water partition coefficient (Wildman–Crippen LogP) is -0.599. The van der Waals surface area contributed by atoms with Gasteiger partial charge in [0.1, 0.15) is 12.3 Å². The maximum absolute atomic E-state index is 12.0. The zero-order valence-electron chi connectivity index (χ0n) is 14.3. The van der Waals surface area contributed by atoms with Gasteiger partial charge in [-0.3, -0.25) is 19.1 Å². The van der Waals surface area contributed by atoms with Crippen LogP contribution in [0.3, 0.4) is 0 Å². The van der Waals surface area contributed by atoms with E-state index < -0.39 is 29.7 Å². The largest absolute Gasteiger partial charge is 0.394 e. The van der Waals surface area contributed by atoms with Crippen molar-refractivity contribution in [3.05, 3.63) is 32.6 Å². The Balaban J connectivity index is 1.96. The highest BCUT2D eigenvalue weighted by Crippen LogP contribution is 2.27. The summed E-state index contributed by atoms with van der Waals surface area (Å²) in [5.41, 5.74) is -0.712. The minimum absolute atomic E-state index is 0.0354. The van der Waals surface area contributed by atoms with Gasteiger partial charge in [0.2, 0.25) is 5.91 Å². The first-order chi connectivity index (χ1) is 12.5. The van der Waals surface area contributed by atoms with E-state index in [-0.39, 0.29) is 18.9 Å². The number of carbonyl (C=O) groups is 1. The number of nitrogens with zero attached hydrogens (tertiary/aromatic N) is 1. The number of amides is 1. The molecule has 1 aliphatic heterocycles. The van der Waals surface area contributed by atoms with E-state index >= 15 is 0 Å². The van der Waals surface area contributed by atoms with Gasteiger partial charge in [0.05, 0.1) is 12.7 Å². The summed E-state index contributed by atoms with van der Waals surface area (Å²) in [6, 6.07) is 0. The SMILES string of the molecule is O=C(CCCBr)NCCCc1cn([C@@H]2CC(O)[C@H](CO)O2)c(=O)[nH]c1=O. The minimum atomic E-state index is -0.873. The van der Waals surface area contributed by atoms with E-state index in [2.05, 4.69) is 26.2 Å². The van der Waals surface area contributed by atoms with E-state index in [4.69, 9.17) is 9.84 Å². The van der Waals surface area contributed by atoms with Crippen molar-refractivity contribution < 1.29 is 19.7 Å². The van der Waals surface area contributed by atoms with Crippen molar-refractivity contribution in [3.63, 3.8) is 0 Å². The third-order valence-corrected chi connectivity index (χ3v) is 4.78. The molecule has 2 rings (SSSR count). The molecule has 0 bridgehead atoms. The second-order valence-corrected chi connectivity index (χ2v) is 6.97. The van der Waals surface area contributed by atoms with Crippen molar-refractivity contribution in [2.75, 3.05) is 18.5 Å². The van der Waals surface area contributed by atoms with Crippen LogP contribution < -0.4 is 16.6 Å². The van der Waals surface area contributed by atoms with Crippen LogP contribution in [0.1, 0.15) is 37.5 Å². The highest BCUT2D eigenvalue weighted by Gasteiger charge is 2.35. The Morgan fingerprint density at radius 1 is 1.42 bits per heavy atom. The summed E-state index contributed by atoms with van der Waals surface area (Å²) in [7, 11) is 0. The predicted molar refractivity (Wildman–Crippen MR) is 97.3 cm³/mol. The Hall–Kier alpha value is -1.49. The first kappa shape index (κ1) is 20.8. The minimum Gasteiger partial charge on any atom is -0.394 e. The lowest BCUT2D eigenvalue weighted by Gasteiger charge is -2.15. The fourth-order valence-corrected chi connectivity index (χ4v) is 3.07. The second-order valence-electron chi connectivity index (χ2n) is 6.18. The van der Waals surface area contributed by atoms with Crippen molar-refractivity contribution in [2.24, 2.45) is 0 Å². The molecular weight excluding hydrogens is 410 g/mol. The van der Waals surface area contributed by atoms with Gasteiger partial charge in [-0.25, -0.2) is 4.79 Å². The number of nitrogens with one attached hydrogen (secondary N) is 2. The summed E-state index contributed by atoms with van der Waals surface area (Å²) in [5, 5.41) is 22.5. The van der Waals surface area contributed by atoms with Gasteiger partial charge in [-0.05, 0) is 19.3 Å². The molecule has 1 aromatic rings. The monoisotopic (exact) mass is 433 g/mol. The van der Waals surface area contributed by atoms with Crippen molar-refractivity contribution in [1.82, 2.24) is 14.9 Å². The number of alkyl halides is 1. The van der Waals surface area contributed by atoms with Crippen molar-refractivity contribution in [2.45, 2.75) is 50.5 Å². The van der Waals surface area contributed by atoms with Gasteiger partial charge in [-0.2, -0.15) is 0 Å². The molecule has 26 heavy (non-hydrogen) atoms. The molecule has 0 aromatic carbocycles. The molecule has 1 amide bonds. The highest BCUT2D eigenvalue weighted by atomic mass is 79.9. The van der Waals surface area contributed by atoms with Crippen molar-refractivity contribution in [1.29, 1.82) is 0 Å². The van der Waals surface area contributed by atoms with Gasteiger partial charge in [0.15, 0.2) is 0 Å². The number of aliphatic hydroxyl groups excluding tert-OH is 2. The number of carbonyl (C=O) groups excluding carboxylic acids is 1. The topological polar surface area (TPSA) is 134 Å². The van der Waals surface area contributed by atoms with Crippen LogP contribution in [0, 0.1) is 0 Å². The Morgan fingerprint density at radius 2 is 2.19 bits per heavy atom. The van der Waals surface area contributed by atoms with Gasteiger partial charge < -0.3 is 20.3 Å². The number of halogens is 1. The lowest BCUT2D eigenvalue weighted by Crippen LogP contribution is -2.34. The Morgan fingerprint density at radius 3 is 2.85 bits per heavy atom. The number of aryl methyl sites for hydroxylation is 1. The summed E-state index contributed by atoms with van der Waals surface area (Å²) in [6.45, 7) is 0.0856. The number of hydrogen-bond donors (Lipinski definition) is 4. The maximum atomic E-state index is 12.0. The van der Waals surface area contributed by atoms with Crippen LogP contribution in [0.15, 0.2) is 15.8 Å². The van der Waals surface area contributed by atoms with E-state index in [0.717, 1.165) is 11.8 Å². The average Bonchev–Trinajstić information content (AvgIpc) is 2.98. The van der Waals surface area contributed by atoms with E-state index in [0.29, 0.717) is 31.4 Å². The van der Waals surface area contributed by atoms with Crippen LogP contribution in [0.2, 0.25) is 0 Å². The first-order valence-corrected chi connectivity index (χ1v) is 9.69. The average molecular weight is 434 g/mol. The quantitative estimate of drug-likeness (QED) is 0.303. The van der Waals surface area contributed by atoms with Crippen molar-refractivity contribution in [3.8, 4) is 0 Å². The Labute approximate surface area is 158 Å². The van der Waals surface area contributed by atoms with Crippen LogP contribution in [0.25, 0.3) is 0 Å². The molecular formula is C16H24BrN3O6. The molecule has 10 heteroatoms. The van der Waals surface area contributed by atoms with Gasteiger partial charge >= 0.3 is 5.69 Å². The molecule has 1 aromatic heterocycles. The number of aliphatic hydroxyl groups is 2. The lowest BCUT2D eigenvalue weighted by molar-refractivity contribution is -0.121. The molecule has 0 aliphatic carbocycles. The molecule has 0 saturated carbocycles. The standard InChI is InChI=1S/C16H24BrN3O6/c17-5-1-4-13(23)18-6-2-3-10-8-20(16(25)19-15(10)24)14-7-11(22)12(9-21)26-14/h8,11-12,14,21-22H,1-7,9H2,(H,18,23)(H,19,24,25)/t11?,12-,14-/m0/s1. The Kier molecular flexibility index (Phi) is 8.01. The van der Waals surface area contributed by atoms with Crippen LogP contribution in [-0.4, -0.2) is 56.4 Å². The Bertz CT molecular complexity index is 719. The number of aromatic amines is 1. The zero-order chi connectivity index (χ0) is 19.1. The molecule has 1 saturated heterocycles. The molecule has 1 aliphatic rings. The van der Waals surface area contributed by atoms with E-state index in [9.17, 15) is 19.5 Å². The van der Waals surface area contributed by atoms with Gasteiger partial charge in [0.25, 0.3) is 5.56 Å². The highest BCUT2D eigenvalue weighted by molar-refractivity contribution is 9.09. The third kappa shape index (κ3) is 5.50. The molecule has 4 N–H and O–H groups in total. The summed E-state index contributed by atoms with van der Waals surface area (Å²) >= 11 is 3.26. The van der Waals surface area contributed by atoms with Crippen LogP contribution in [0.4, 0.5) is 0 Å². The number of rotatable bonds is 9. The number of H-pyrrole nitrogens is 1. The third-order valence-electron chi connectivity index (χ3n) is 4.22. The van der Waals surface area contributed by atoms with Gasteiger partial charge in [0, 0.05) is 36.5 Å². The van der Waals surface area contributed by atoms with E-state index in [1.165, 1.54) is 10.8 Å². The van der Waals surface area contributed by atoms with E-state index in [1.807, 2.05) is 0 Å². The number of hydrogen-bond acceptors (Lipinski definition) is 6. The first-order valence-electron chi connectivity index (χ1n) is 8.57. The number of aromatic nitrogens is 2. The molecule has 0 spiro atoms. The molecule has 1 unspecified atom stereocenters. The van der Waals surface area contributed by atoms with Gasteiger partial charge in [-0.1, -0.05) is 15.9 Å². The zero-order valence-corrected chi connectivity index (χ0v) is 15.9. The van der Waals surface area contributed by atoms with Crippen molar-refractivity contribution >= 4 is 21.8 Å². The maximum Gasteiger partial charge on any atom is 0.330 e. The molecule has 0 radical (unpaired) electrons. The molecule has 146 valence electrons. The summed E-state index contributed by atoms with van der Waals surface area (Å²) in [4.78, 5) is 37.8. The molecule has 2 heterocycles. The fraction of sp³-hybridized carbons (Fsp3) is 0.688. The lowest BCUT2D eigenvalue weighted by atomic mass is 10.1. The normalized spacial score (nSPS) is 22.5. The summed E-state index contributed by atoms with van der Waals surface area (Å²) < 4.78 is 6.69. The summed E-state index contributed by atoms with van der Waals surface area (Å²) in [6.07, 6.45) is 1.35. The van der Waals surface area contributed by atoms with Crippen LogP contribution >= 0.6 is 15.9 Å². The summed E-state index contributed by atoms with van der Waals surface area (Å²) in [5.74, 6) is -0.0354. The second kappa shape index (κ2) is 10.0. The molecule has 3 atom stereocenters. The molecule has 1 fully saturated rings.